The van der Waals surface area contributed by atoms with Crippen LogP contribution in [0.5, 0.6) is 0 Å². The number of hydrogen-bond donors (Lipinski definition) is 4. The van der Waals surface area contributed by atoms with Crippen LogP contribution < -0.4 is 5.32 Å². The Hall–Kier alpha value is -2.40. The van der Waals surface area contributed by atoms with Gasteiger partial charge in [0.05, 0.1) is 13.0 Å². The molecular formula is C11H18N2O9. The highest BCUT2D eigenvalue weighted by Crippen LogP contribution is 2.01. The number of carboxylic acids is 1. The second-order valence-corrected chi connectivity index (χ2v) is 3.96. The smallest absolute Gasteiger partial charge is 0.409 e. The number of hydrogen-bond acceptors (Lipinski definition) is 8. The van der Waals surface area contributed by atoms with Crippen LogP contribution in [-0.2, 0) is 23.9 Å². The predicted molar refractivity (Wildman–Crippen MR) is 68.2 cm³/mol. The number of aliphatic carboxylic acids is 1. The Kier molecular flexibility index (Phi) is 9.22. The largest absolute Gasteiger partial charge is 0.480 e. The van der Waals surface area contributed by atoms with Gasteiger partial charge in [0.25, 0.3) is 0 Å². The minimum absolute atomic E-state index is 0.381. The van der Waals surface area contributed by atoms with Crippen LogP contribution in [0.2, 0.25) is 0 Å². The maximum atomic E-state index is 11.7. The predicted octanol–water partition coefficient (Wildman–Crippen LogP) is -2.15. The molecule has 0 saturated carbocycles. The van der Waals surface area contributed by atoms with Crippen molar-refractivity contribution in [1.29, 1.82) is 0 Å². The van der Waals surface area contributed by atoms with Crippen molar-refractivity contribution < 1.29 is 44.0 Å². The molecule has 0 radical (unpaired) electrons. The number of aliphatic hydroxyl groups excluding tert-OH is 1. The lowest BCUT2D eigenvalue weighted by molar-refractivity contribution is -0.154. The quantitative estimate of drug-likeness (QED) is 0.273. The van der Waals surface area contributed by atoms with E-state index in [2.05, 4.69) is 14.8 Å². The van der Waals surface area contributed by atoms with Crippen LogP contribution in [0, 0.1) is 0 Å². The van der Waals surface area contributed by atoms with E-state index in [-0.39, 0.29) is 6.42 Å². The SMILES string of the molecule is CNC(=O)OCOC(=O)CCC(=O)N(CC(=O)O)CC(O)O. The lowest BCUT2D eigenvalue weighted by Crippen LogP contribution is -2.40. The number of nitrogens with one attached hydrogen (secondary N) is 1. The van der Waals surface area contributed by atoms with E-state index in [4.69, 9.17) is 15.3 Å². The summed E-state index contributed by atoms with van der Waals surface area (Å²) in [4.78, 5) is 44.9. The van der Waals surface area contributed by atoms with Crippen LogP contribution in [0.15, 0.2) is 0 Å². The van der Waals surface area contributed by atoms with Gasteiger partial charge in [0.1, 0.15) is 6.54 Å². The molecular weight excluding hydrogens is 304 g/mol. The van der Waals surface area contributed by atoms with Gasteiger partial charge in [0.2, 0.25) is 12.7 Å². The Labute approximate surface area is 125 Å². The highest BCUT2D eigenvalue weighted by atomic mass is 16.7. The highest BCUT2D eigenvalue weighted by Gasteiger charge is 2.20. The summed E-state index contributed by atoms with van der Waals surface area (Å²) in [6.45, 7) is -1.95. The molecule has 0 heterocycles. The van der Waals surface area contributed by atoms with Crippen molar-refractivity contribution in [3.05, 3.63) is 0 Å². The molecule has 11 heteroatoms. The van der Waals surface area contributed by atoms with Gasteiger partial charge in [-0.15, -0.1) is 0 Å². The van der Waals surface area contributed by atoms with Crippen molar-refractivity contribution in [2.75, 3.05) is 26.9 Å². The van der Waals surface area contributed by atoms with Crippen LogP contribution in [0.3, 0.4) is 0 Å². The first kappa shape index (κ1) is 19.6. The summed E-state index contributed by atoms with van der Waals surface area (Å²) in [5, 5.41) is 28.3. The van der Waals surface area contributed by atoms with Crippen LogP contribution in [0.1, 0.15) is 12.8 Å². The van der Waals surface area contributed by atoms with Gasteiger partial charge < -0.3 is 35.0 Å². The summed E-state index contributed by atoms with van der Waals surface area (Å²) < 4.78 is 8.89. The molecule has 0 aromatic carbocycles. The molecule has 0 aliphatic rings. The van der Waals surface area contributed by atoms with Gasteiger partial charge in [-0.2, -0.15) is 0 Å². The Morgan fingerprint density at radius 1 is 1.14 bits per heavy atom. The van der Waals surface area contributed by atoms with Gasteiger partial charge in [-0.25, -0.2) is 4.79 Å². The number of ether oxygens (including phenoxy) is 2. The lowest BCUT2D eigenvalue weighted by Gasteiger charge is -2.21. The summed E-state index contributed by atoms with van der Waals surface area (Å²) >= 11 is 0. The number of esters is 1. The van der Waals surface area contributed by atoms with Crippen molar-refractivity contribution in [2.24, 2.45) is 0 Å². The summed E-state index contributed by atoms with van der Waals surface area (Å²) in [7, 11) is 1.31. The molecule has 0 bridgehead atoms. The lowest BCUT2D eigenvalue weighted by atomic mass is 10.2. The average Bonchev–Trinajstić information content (AvgIpc) is 2.42. The summed E-state index contributed by atoms with van der Waals surface area (Å²) in [5.41, 5.74) is 0. The van der Waals surface area contributed by atoms with E-state index in [0.717, 1.165) is 0 Å². The van der Waals surface area contributed by atoms with Crippen molar-refractivity contribution >= 4 is 23.9 Å². The van der Waals surface area contributed by atoms with Gasteiger partial charge in [0, 0.05) is 13.5 Å². The van der Waals surface area contributed by atoms with Crippen LogP contribution >= 0.6 is 0 Å². The van der Waals surface area contributed by atoms with E-state index in [9.17, 15) is 19.2 Å². The molecule has 22 heavy (non-hydrogen) atoms. The van der Waals surface area contributed by atoms with Crippen molar-refractivity contribution in [1.82, 2.24) is 10.2 Å². The normalized spacial score (nSPS) is 10.0. The Morgan fingerprint density at radius 2 is 1.77 bits per heavy atom. The highest BCUT2D eigenvalue weighted by molar-refractivity contribution is 5.84. The monoisotopic (exact) mass is 322 g/mol. The maximum absolute atomic E-state index is 11.7. The number of carbonyl (C=O) groups is 4. The third-order valence-corrected chi connectivity index (χ3v) is 2.22. The van der Waals surface area contributed by atoms with Crippen molar-refractivity contribution in [2.45, 2.75) is 19.1 Å². The molecule has 0 fully saturated rings. The molecule has 0 rings (SSSR count). The molecule has 0 unspecified atom stereocenters. The second kappa shape index (κ2) is 10.3. The van der Waals surface area contributed by atoms with E-state index in [1.165, 1.54) is 7.05 Å². The molecule has 2 amide bonds. The van der Waals surface area contributed by atoms with Gasteiger partial charge in [0.15, 0.2) is 6.29 Å². The third-order valence-electron chi connectivity index (χ3n) is 2.22. The second-order valence-electron chi connectivity index (χ2n) is 3.96. The number of carbonyl (C=O) groups excluding carboxylic acids is 3. The Balaban J connectivity index is 4.17. The summed E-state index contributed by atoms with van der Waals surface area (Å²) in [5.74, 6) is -2.94. The summed E-state index contributed by atoms with van der Waals surface area (Å²) in [6, 6.07) is 0. The van der Waals surface area contributed by atoms with E-state index >= 15 is 0 Å². The molecule has 0 atom stereocenters. The molecule has 0 spiro atoms. The van der Waals surface area contributed by atoms with Gasteiger partial charge in [-0.1, -0.05) is 0 Å². The van der Waals surface area contributed by atoms with Crippen LogP contribution in [-0.4, -0.2) is 77.4 Å². The van der Waals surface area contributed by atoms with Gasteiger partial charge >= 0.3 is 18.0 Å². The van der Waals surface area contributed by atoms with Crippen molar-refractivity contribution in [3.8, 4) is 0 Å². The number of amides is 2. The molecule has 126 valence electrons. The zero-order chi connectivity index (χ0) is 17.1. The standard InChI is InChI=1S/C11H18N2O9/c1-12-11(20)22-6-21-10(19)3-2-7(14)13(4-8(15)16)5-9(17)18/h8,15-16H,2-6H2,1H3,(H,12,20)(H,17,18). The molecule has 4 N–H and O–H groups in total. The van der Waals surface area contributed by atoms with Crippen LogP contribution in [0.4, 0.5) is 4.79 Å². The van der Waals surface area contributed by atoms with E-state index < -0.39 is 56.5 Å². The van der Waals surface area contributed by atoms with E-state index in [1.807, 2.05) is 0 Å². The van der Waals surface area contributed by atoms with E-state index in [0.29, 0.717) is 4.90 Å². The fraction of sp³-hybridized carbons (Fsp3) is 0.636. The average molecular weight is 322 g/mol. The molecule has 0 saturated heterocycles. The minimum atomic E-state index is -1.89. The maximum Gasteiger partial charge on any atom is 0.409 e. The zero-order valence-corrected chi connectivity index (χ0v) is 11.9. The zero-order valence-electron chi connectivity index (χ0n) is 11.9. The number of alkyl carbamates (subject to hydrolysis) is 1. The molecule has 0 aromatic rings. The number of aliphatic hydroxyl groups is 2. The topological polar surface area (TPSA) is 163 Å². The van der Waals surface area contributed by atoms with Crippen LogP contribution in [0.25, 0.3) is 0 Å². The Morgan fingerprint density at radius 3 is 2.27 bits per heavy atom. The fourth-order valence-corrected chi connectivity index (χ4v) is 1.28. The summed E-state index contributed by atoms with van der Waals surface area (Å²) in [6.07, 6.45) is -3.46. The minimum Gasteiger partial charge on any atom is -0.480 e. The first-order chi connectivity index (χ1) is 10.3. The van der Waals surface area contributed by atoms with E-state index in [1.54, 1.807) is 0 Å². The molecule has 11 nitrogen and oxygen atoms in total. The Bertz CT molecular complexity index is 410. The number of nitrogens with zero attached hydrogens (tertiary/aromatic N) is 1. The van der Waals surface area contributed by atoms with Crippen molar-refractivity contribution in [3.63, 3.8) is 0 Å². The van der Waals surface area contributed by atoms with Gasteiger partial charge in [-0.05, 0) is 0 Å². The fourth-order valence-electron chi connectivity index (χ4n) is 1.28. The molecule has 0 aliphatic heterocycles. The molecule has 0 aromatic heterocycles. The first-order valence-corrected chi connectivity index (χ1v) is 6.12. The number of carboxylic acid groups (broad SMARTS) is 1. The molecule has 0 aliphatic carbocycles. The number of rotatable bonds is 9. The third kappa shape index (κ3) is 9.50. The van der Waals surface area contributed by atoms with Gasteiger partial charge in [-0.3, -0.25) is 14.4 Å². The first-order valence-electron chi connectivity index (χ1n) is 6.12.